The summed E-state index contributed by atoms with van der Waals surface area (Å²) < 4.78 is 10.5. The minimum atomic E-state index is -0.0676. The van der Waals surface area contributed by atoms with E-state index in [-0.39, 0.29) is 25.0 Å². The van der Waals surface area contributed by atoms with Crippen LogP contribution in [0.5, 0.6) is 11.5 Å². The third kappa shape index (κ3) is 1.76. The second kappa shape index (κ2) is 4.14. The second-order valence-electron chi connectivity index (χ2n) is 4.07. The zero-order valence-electron chi connectivity index (χ0n) is 9.45. The number of ether oxygens (including phenoxy) is 2. The number of benzene rings is 1. The van der Waals surface area contributed by atoms with Gasteiger partial charge >= 0.3 is 0 Å². The maximum atomic E-state index is 11.7. The zero-order chi connectivity index (χ0) is 11.7. The minimum Gasteiger partial charge on any atom is -0.454 e. The number of carbonyl (C=O) groups excluding carboxylic acids is 1. The number of ketones is 1. The third-order valence-electron chi connectivity index (χ3n) is 2.65. The van der Waals surface area contributed by atoms with Crippen molar-refractivity contribution in [1.29, 1.82) is 0 Å². The highest BCUT2D eigenvalue weighted by atomic mass is 16.7. The van der Waals surface area contributed by atoms with Gasteiger partial charge in [0, 0.05) is 5.56 Å². The van der Waals surface area contributed by atoms with E-state index < -0.39 is 0 Å². The average Bonchev–Trinajstić information content (AvgIpc) is 2.73. The second-order valence-corrected chi connectivity index (χ2v) is 4.07. The molecule has 2 N–H and O–H groups in total. The summed E-state index contributed by atoms with van der Waals surface area (Å²) in [6, 6.07) is 3.60. The Hall–Kier alpha value is -1.55. The topological polar surface area (TPSA) is 61.6 Å². The molecule has 0 radical (unpaired) electrons. The molecule has 4 nitrogen and oxygen atoms in total. The fourth-order valence-electron chi connectivity index (χ4n) is 1.79. The van der Waals surface area contributed by atoms with E-state index in [1.54, 1.807) is 6.07 Å². The summed E-state index contributed by atoms with van der Waals surface area (Å²) in [5.41, 5.74) is 7.00. The normalized spacial score (nSPS) is 13.2. The number of rotatable bonds is 3. The van der Waals surface area contributed by atoms with E-state index in [0.717, 1.165) is 5.56 Å². The van der Waals surface area contributed by atoms with Crippen LogP contribution < -0.4 is 15.2 Å². The molecule has 86 valence electrons. The molecule has 0 saturated carbocycles. The average molecular weight is 221 g/mol. The molecule has 1 aromatic carbocycles. The smallest absolute Gasteiger partial charge is 0.231 e. The highest BCUT2D eigenvalue weighted by Crippen LogP contribution is 2.37. The molecule has 1 aliphatic rings. The first-order chi connectivity index (χ1) is 7.63. The molecule has 2 rings (SSSR count). The Morgan fingerprint density at radius 3 is 2.56 bits per heavy atom. The molecule has 16 heavy (non-hydrogen) atoms. The van der Waals surface area contributed by atoms with E-state index in [4.69, 9.17) is 15.2 Å². The summed E-state index contributed by atoms with van der Waals surface area (Å²) in [5.74, 6) is 1.51. The Bertz CT molecular complexity index is 427. The molecule has 0 atom stereocenters. The highest BCUT2D eigenvalue weighted by Gasteiger charge is 2.21. The van der Waals surface area contributed by atoms with Crippen molar-refractivity contribution in [2.75, 3.05) is 13.3 Å². The van der Waals surface area contributed by atoms with Crippen LogP contribution in [-0.2, 0) is 0 Å². The Labute approximate surface area is 94.3 Å². The van der Waals surface area contributed by atoms with E-state index in [1.807, 2.05) is 19.9 Å². The predicted molar refractivity (Wildman–Crippen MR) is 60.0 cm³/mol. The molecular formula is C12H15NO3. The lowest BCUT2D eigenvalue weighted by molar-refractivity contribution is 0.0999. The molecule has 0 spiro atoms. The lowest BCUT2D eigenvalue weighted by Gasteiger charge is -2.12. The Morgan fingerprint density at radius 2 is 2.00 bits per heavy atom. The molecular weight excluding hydrogens is 206 g/mol. The van der Waals surface area contributed by atoms with E-state index in [0.29, 0.717) is 17.1 Å². The van der Waals surface area contributed by atoms with Gasteiger partial charge < -0.3 is 15.2 Å². The van der Waals surface area contributed by atoms with E-state index in [1.165, 1.54) is 0 Å². The monoisotopic (exact) mass is 221 g/mol. The van der Waals surface area contributed by atoms with Gasteiger partial charge in [-0.3, -0.25) is 4.79 Å². The molecule has 0 amide bonds. The molecule has 0 aliphatic carbocycles. The van der Waals surface area contributed by atoms with Crippen molar-refractivity contribution in [3.05, 3.63) is 23.3 Å². The maximum absolute atomic E-state index is 11.7. The summed E-state index contributed by atoms with van der Waals surface area (Å²) in [6.45, 7) is 4.29. The molecule has 0 unspecified atom stereocenters. The van der Waals surface area contributed by atoms with E-state index in [2.05, 4.69) is 0 Å². The van der Waals surface area contributed by atoms with Crippen LogP contribution in [-0.4, -0.2) is 19.1 Å². The Kier molecular flexibility index (Phi) is 2.83. The first-order valence-corrected chi connectivity index (χ1v) is 5.30. The zero-order valence-corrected chi connectivity index (χ0v) is 9.45. The summed E-state index contributed by atoms with van der Waals surface area (Å²) in [4.78, 5) is 11.7. The number of hydrogen-bond acceptors (Lipinski definition) is 4. The van der Waals surface area contributed by atoms with Gasteiger partial charge in [-0.05, 0) is 23.6 Å². The number of carbonyl (C=O) groups is 1. The molecule has 1 heterocycles. The van der Waals surface area contributed by atoms with Gasteiger partial charge in [0.2, 0.25) is 6.79 Å². The lowest BCUT2D eigenvalue weighted by Crippen LogP contribution is -2.16. The number of nitrogens with two attached hydrogens (primary N) is 1. The molecule has 1 aliphatic heterocycles. The highest BCUT2D eigenvalue weighted by molar-refractivity contribution is 5.99. The summed E-state index contributed by atoms with van der Waals surface area (Å²) >= 11 is 0. The van der Waals surface area contributed by atoms with Crippen LogP contribution in [0.15, 0.2) is 12.1 Å². The van der Waals surface area contributed by atoms with Crippen LogP contribution in [0.25, 0.3) is 0 Å². The van der Waals surface area contributed by atoms with Gasteiger partial charge in [0.25, 0.3) is 0 Å². The first kappa shape index (κ1) is 11.0. The van der Waals surface area contributed by atoms with Crippen molar-refractivity contribution in [2.45, 2.75) is 19.8 Å². The van der Waals surface area contributed by atoms with Crippen LogP contribution >= 0.6 is 0 Å². The van der Waals surface area contributed by atoms with Gasteiger partial charge in [-0.25, -0.2) is 0 Å². The van der Waals surface area contributed by atoms with Crippen molar-refractivity contribution in [3.8, 4) is 11.5 Å². The SMILES string of the molecule is CC(C)c1cc2c(cc1C(=O)CN)OCO2. The molecule has 0 bridgehead atoms. The van der Waals surface area contributed by atoms with Crippen LogP contribution in [0.4, 0.5) is 0 Å². The van der Waals surface area contributed by atoms with Crippen LogP contribution in [0.2, 0.25) is 0 Å². The molecule has 1 aromatic rings. The number of Topliss-reactive ketones (excluding diaryl/α,β-unsaturated/α-hetero) is 1. The van der Waals surface area contributed by atoms with Gasteiger partial charge in [0.15, 0.2) is 17.3 Å². The minimum absolute atomic E-state index is 0.0133. The van der Waals surface area contributed by atoms with Crippen LogP contribution in [0.1, 0.15) is 35.7 Å². The first-order valence-electron chi connectivity index (χ1n) is 5.30. The van der Waals surface area contributed by atoms with E-state index in [9.17, 15) is 4.79 Å². The van der Waals surface area contributed by atoms with Gasteiger partial charge in [-0.2, -0.15) is 0 Å². The van der Waals surface area contributed by atoms with Crippen LogP contribution in [0.3, 0.4) is 0 Å². The predicted octanol–water partition coefficient (Wildman–Crippen LogP) is 1.68. The number of hydrogen-bond donors (Lipinski definition) is 1. The Balaban J connectivity index is 2.53. The van der Waals surface area contributed by atoms with Crippen molar-refractivity contribution in [1.82, 2.24) is 0 Å². The summed E-state index contributed by atoms with van der Waals surface area (Å²) in [7, 11) is 0. The number of fused-ring (bicyclic) bond motifs is 1. The molecule has 0 fully saturated rings. The fraction of sp³-hybridized carbons (Fsp3) is 0.417. The quantitative estimate of drug-likeness (QED) is 0.789. The van der Waals surface area contributed by atoms with Gasteiger partial charge in [-0.15, -0.1) is 0 Å². The van der Waals surface area contributed by atoms with Crippen LogP contribution in [0, 0.1) is 0 Å². The third-order valence-corrected chi connectivity index (χ3v) is 2.65. The maximum Gasteiger partial charge on any atom is 0.231 e. The molecule has 0 aromatic heterocycles. The lowest BCUT2D eigenvalue weighted by atomic mass is 9.94. The molecule has 4 heteroatoms. The summed E-state index contributed by atoms with van der Waals surface area (Å²) in [6.07, 6.45) is 0. The van der Waals surface area contributed by atoms with Crippen molar-refractivity contribution < 1.29 is 14.3 Å². The Morgan fingerprint density at radius 1 is 1.38 bits per heavy atom. The van der Waals surface area contributed by atoms with Gasteiger partial charge in [0.05, 0.1) is 6.54 Å². The van der Waals surface area contributed by atoms with Crippen molar-refractivity contribution >= 4 is 5.78 Å². The van der Waals surface area contributed by atoms with E-state index >= 15 is 0 Å². The molecule has 0 saturated heterocycles. The van der Waals surface area contributed by atoms with Crippen molar-refractivity contribution in [3.63, 3.8) is 0 Å². The largest absolute Gasteiger partial charge is 0.454 e. The van der Waals surface area contributed by atoms with Gasteiger partial charge in [-0.1, -0.05) is 13.8 Å². The standard InChI is InChI=1S/C12H15NO3/c1-7(2)8-3-11-12(16-6-15-11)4-9(8)10(14)5-13/h3-4,7H,5-6,13H2,1-2H3. The van der Waals surface area contributed by atoms with Crippen molar-refractivity contribution in [2.24, 2.45) is 5.73 Å². The fourth-order valence-corrected chi connectivity index (χ4v) is 1.79. The summed E-state index contributed by atoms with van der Waals surface area (Å²) in [5, 5.41) is 0. The van der Waals surface area contributed by atoms with Gasteiger partial charge in [0.1, 0.15) is 0 Å².